The molecule has 3 aromatic rings. The highest BCUT2D eigenvalue weighted by Gasteiger charge is 2.09. The van der Waals surface area contributed by atoms with Crippen molar-refractivity contribution in [3.05, 3.63) is 70.1 Å². The van der Waals surface area contributed by atoms with Crippen LogP contribution in [0.2, 0.25) is 5.02 Å². The number of carbonyl (C=O) groups is 1. The van der Waals surface area contributed by atoms with Gasteiger partial charge < -0.3 is 10.2 Å². The number of halogens is 1. The maximum Gasteiger partial charge on any atom is 0.317 e. The number of rotatable bonds is 5. The molecule has 0 aliphatic rings. The average Bonchev–Trinajstić information content (AvgIpc) is 2.98. The second-order valence-electron chi connectivity index (χ2n) is 5.73. The Bertz CT molecular complexity index is 846. The summed E-state index contributed by atoms with van der Waals surface area (Å²) in [4.78, 5) is 13.9. The molecule has 1 heterocycles. The summed E-state index contributed by atoms with van der Waals surface area (Å²) in [5.74, 6) is 0. The van der Waals surface area contributed by atoms with E-state index < -0.39 is 0 Å². The first-order valence-electron chi connectivity index (χ1n) is 7.82. The van der Waals surface area contributed by atoms with Crippen LogP contribution in [-0.2, 0) is 13.0 Å². The highest BCUT2D eigenvalue weighted by Crippen LogP contribution is 2.25. The van der Waals surface area contributed by atoms with Gasteiger partial charge in [0.25, 0.3) is 0 Å². The molecule has 1 aromatic heterocycles. The first-order chi connectivity index (χ1) is 11.6. The molecule has 0 bridgehead atoms. The van der Waals surface area contributed by atoms with Gasteiger partial charge in [0.15, 0.2) is 0 Å². The molecular weight excluding hydrogens is 340 g/mol. The standard InChI is InChI=1S/C19H19ClN2OS/c1-22(12-14-5-4-6-16(20)11-14)19(23)21-10-9-15-13-24-18-8-3-2-7-17(15)18/h2-8,11,13H,9-10,12H2,1H3,(H,21,23). The van der Waals surface area contributed by atoms with Gasteiger partial charge in [0.1, 0.15) is 0 Å². The van der Waals surface area contributed by atoms with E-state index in [-0.39, 0.29) is 6.03 Å². The highest BCUT2D eigenvalue weighted by molar-refractivity contribution is 7.17. The van der Waals surface area contributed by atoms with E-state index in [2.05, 4.69) is 35.0 Å². The molecular formula is C19H19ClN2OS. The van der Waals surface area contributed by atoms with E-state index in [1.165, 1.54) is 15.6 Å². The summed E-state index contributed by atoms with van der Waals surface area (Å²) in [6, 6.07) is 15.9. The lowest BCUT2D eigenvalue weighted by molar-refractivity contribution is 0.207. The van der Waals surface area contributed by atoms with Crippen molar-refractivity contribution in [2.75, 3.05) is 13.6 Å². The molecule has 2 amide bonds. The molecule has 0 radical (unpaired) electrons. The second-order valence-corrected chi connectivity index (χ2v) is 7.07. The lowest BCUT2D eigenvalue weighted by atomic mass is 10.1. The van der Waals surface area contributed by atoms with Crippen LogP contribution in [0.5, 0.6) is 0 Å². The van der Waals surface area contributed by atoms with E-state index in [9.17, 15) is 4.79 Å². The Labute approximate surface area is 150 Å². The van der Waals surface area contributed by atoms with Crippen molar-refractivity contribution in [2.45, 2.75) is 13.0 Å². The molecule has 0 atom stereocenters. The van der Waals surface area contributed by atoms with Gasteiger partial charge in [-0.1, -0.05) is 41.9 Å². The van der Waals surface area contributed by atoms with Crippen LogP contribution < -0.4 is 5.32 Å². The van der Waals surface area contributed by atoms with Gasteiger partial charge in [-0.2, -0.15) is 0 Å². The minimum atomic E-state index is -0.0745. The topological polar surface area (TPSA) is 32.3 Å². The van der Waals surface area contributed by atoms with Gasteiger partial charge in [0.05, 0.1) is 0 Å². The lowest BCUT2D eigenvalue weighted by Gasteiger charge is -2.18. The Balaban J connectivity index is 1.51. The molecule has 0 saturated heterocycles. The predicted octanol–water partition coefficient (Wildman–Crippen LogP) is 4.94. The van der Waals surface area contributed by atoms with Crippen LogP contribution >= 0.6 is 22.9 Å². The van der Waals surface area contributed by atoms with Gasteiger partial charge >= 0.3 is 6.03 Å². The van der Waals surface area contributed by atoms with Crippen molar-refractivity contribution < 1.29 is 4.79 Å². The number of amides is 2. The van der Waals surface area contributed by atoms with Crippen LogP contribution in [-0.4, -0.2) is 24.5 Å². The highest BCUT2D eigenvalue weighted by atomic mass is 35.5. The van der Waals surface area contributed by atoms with Crippen molar-refractivity contribution in [3.63, 3.8) is 0 Å². The summed E-state index contributed by atoms with van der Waals surface area (Å²) < 4.78 is 1.29. The maximum absolute atomic E-state index is 12.2. The molecule has 24 heavy (non-hydrogen) atoms. The molecule has 3 nitrogen and oxygen atoms in total. The third kappa shape index (κ3) is 4.08. The third-order valence-corrected chi connectivity index (χ3v) is 5.13. The zero-order valence-electron chi connectivity index (χ0n) is 13.5. The first-order valence-corrected chi connectivity index (χ1v) is 9.08. The maximum atomic E-state index is 12.2. The third-order valence-electron chi connectivity index (χ3n) is 3.89. The number of nitrogens with zero attached hydrogens (tertiary/aromatic N) is 1. The Morgan fingerprint density at radius 2 is 2.04 bits per heavy atom. The number of nitrogens with one attached hydrogen (secondary N) is 1. The summed E-state index contributed by atoms with van der Waals surface area (Å²) in [6.07, 6.45) is 0.834. The molecule has 0 aliphatic heterocycles. The minimum absolute atomic E-state index is 0.0745. The average molecular weight is 359 g/mol. The molecule has 1 N–H and O–H groups in total. The second kappa shape index (κ2) is 7.69. The van der Waals surface area contributed by atoms with E-state index in [1.54, 1.807) is 23.3 Å². The largest absolute Gasteiger partial charge is 0.338 e. The van der Waals surface area contributed by atoms with E-state index >= 15 is 0 Å². The Kier molecular flexibility index (Phi) is 5.38. The molecule has 0 spiro atoms. The molecule has 0 aliphatic carbocycles. The number of thiophene rings is 1. The SMILES string of the molecule is CN(Cc1cccc(Cl)c1)C(=O)NCCc1csc2ccccc12. The van der Waals surface area contributed by atoms with Crippen molar-refractivity contribution in [1.82, 2.24) is 10.2 Å². The Hall–Kier alpha value is -2.04. The van der Waals surface area contributed by atoms with Gasteiger partial charge in [0.2, 0.25) is 0 Å². The molecule has 0 unspecified atom stereocenters. The van der Waals surface area contributed by atoms with Gasteiger partial charge in [0, 0.05) is 29.9 Å². The van der Waals surface area contributed by atoms with Crippen LogP contribution in [0.15, 0.2) is 53.9 Å². The monoisotopic (exact) mass is 358 g/mol. The first kappa shape index (κ1) is 16.8. The fraction of sp³-hybridized carbons (Fsp3) is 0.211. The van der Waals surface area contributed by atoms with Crippen LogP contribution in [0.3, 0.4) is 0 Å². The summed E-state index contributed by atoms with van der Waals surface area (Å²) in [6.45, 7) is 1.16. The Morgan fingerprint density at radius 1 is 1.21 bits per heavy atom. The number of benzene rings is 2. The number of hydrogen-bond acceptors (Lipinski definition) is 2. The van der Waals surface area contributed by atoms with Crippen LogP contribution in [0, 0.1) is 0 Å². The number of carbonyl (C=O) groups excluding carboxylic acids is 1. The van der Waals surface area contributed by atoms with Gasteiger partial charge in [-0.05, 0) is 46.5 Å². The normalized spacial score (nSPS) is 10.8. The summed E-state index contributed by atoms with van der Waals surface area (Å²) in [5, 5.41) is 7.12. The Morgan fingerprint density at radius 3 is 2.88 bits per heavy atom. The minimum Gasteiger partial charge on any atom is -0.338 e. The fourth-order valence-corrected chi connectivity index (χ4v) is 3.86. The van der Waals surface area contributed by atoms with Crippen molar-refractivity contribution in [1.29, 1.82) is 0 Å². The quantitative estimate of drug-likeness (QED) is 0.688. The van der Waals surface area contributed by atoms with E-state index in [4.69, 9.17) is 11.6 Å². The van der Waals surface area contributed by atoms with Gasteiger partial charge in [-0.15, -0.1) is 11.3 Å². The summed E-state index contributed by atoms with van der Waals surface area (Å²) in [5.41, 5.74) is 2.30. The molecule has 0 fully saturated rings. The molecule has 3 rings (SSSR count). The molecule has 2 aromatic carbocycles. The summed E-state index contributed by atoms with van der Waals surface area (Å²) in [7, 11) is 1.79. The lowest BCUT2D eigenvalue weighted by Crippen LogP contribution is -2.37. The van der Waals surface area contributed by atoms with Crippen LogP contribution in [0.25, 0.3) is 10.1 Å². The zero-order valence-corrected chi connectivity index (χ0v) is 15.0. The van der Waals surface area contributed by atoms with Crippen molar-refractivity contribution in [3.8, 4) is 0 Å². The van der Waals surface area contributed by atoms with E-state index in [0.29, 0.717) is 18.1 Å². The van der Waals surface area contributed by atoms with Crippen LogP contribution in [0.1, 0.15) is 11.1 Å². The van der Waals surface area contributed by atoms with E-state index in [1.807, 2.05) is 24.3 Å². The fourth-order valence-electron chi connectivity index (χ4n) is 2.65. The van der Waals surface area contributed by atoms with Gasteiger partial charge in [-0.25, -0.2) is 4.79 Å². The number of urea groups is 1. The van der Waals surface area contributed by atoms with Crippen molar-refractivity contribution in [2.24, 2.45) is 0 Å². The zero-order chi connectivity index (χ0) is 16.9. The van der Waals surface area contributed by atoms with Gasteiger partial charge in [-0.3, -0.25) is 0 Å². The smallest absolute Gasteiger partial charge is 0.317 e. The number of hydrogen-bond donors (Lipinski definition) is 1. The van der Waals surface area contributed by atoms with E-state index in [0.717, 1.165) is 12.0 Å². The summed E-state index contributed by atoms with van der Waals surface area (Å²) >= 11 is 7.72. The predicted molar refractivity (Wildman–Crippen MR) is 102 cm³/mol. The molecule has 0 saturated carbocycles. The molecule has 5 heteroatoms. The van der Waals surface area contributed by atoms with Crippen LogP contribution in [0.4, 0.5) is 4.79 Å². The van der Waals surface area contributed by atoms with Crippen molar-refractivity contribution >= 4 is 39.1 Å². The molecule has 124 valence electrons. The number of fused-ring (bicyclic) bond motifs is 1.